The number of carboxylic acid groups (broad SMARTS) is 1. The molecule has 0 heterocycles. The number of sulfone groups is 1. The van der Waals surface area contributed by atoms with Gasteiger partial charge in [0.05, 0.1) is 15.7 Å². The van der Waals surface area contributed by atoms with Gasteiger partial charge in [0.15, 0.2) is 9.84 Å². The summed E-state index contributed by atoms with van der Waals surface area (Å²) in [6.45, 7) is 1.67. The lowest BCUT2D eigenvalue weighted by atomic mass is 10.0. The van der Waals surface area contributed by atoms with Gasteiger partial charge in [-0.05, 0) is 37.5 Å². The molecule has 0 spiro atoms. The van der Waals surface area contributed by atoms with Crippen LogP contribution in [-0.2, 0) is 9.84 Å². The van der Waals surface area contributed by atoms with Gasteiger partial charge in [0.2, 0.25) is 0 Å². The van der Waals surface area contributed by atoms with Crippen LogP contribution in [-0.4, -0.2) is 24.7 Å². The van der Waals surface area contributed by atoms with Gasteiger partial charge in [0.25, 0.3) is 0 Å². The maximum Gasteiger partial charge on any atom is 0.335 e. The van der Waals surface area contributed by atoms with Gasteiger partial charge < -0.3 is 5.11 Å². The van der Waals surface area contributed by atoms with Crippen LogP contribution in [0.1, 0.15) is 48.0 Å². The number of aryl methyl sites for hydroxylation is 1. The summed E-state index contributed by atoms with van der Waals surface area (Å²) in [6, 6.07) is 4.38. The highest BCUT2D eigenvalue weighted by Gasteiger charge is 2.29. The highest BCUT2D eigenvalue weighted by Crippen LogP contribution is 2.29. The van der Waals surface area contributed by atoms with Crippen LogP contribution in [0.5, 0.6) is 0 Å². The van der Waals surface area contributed by atoms with E-state index in [4.69, 9.17) is 5.11 Å². The molecule has 0 atom stereocenters. The maximum absolute atomic E-state index is 12.5. The van der Waals surface area contributed by atoms with Crippen LogP contribution in [0.4, 0.5) is 0 Å². The van der Waals surface area contributed by atoms with Crippen LogP contribution in [0.3, 0.4) is 0 Å². The SMILES string of the molecule is Cc1ccc(S(=O)(=O)C2CCCCC2)cc1C(=O)O. The molecule has 0 aromatic heterocycles. The molecule has 0 saturated heterocycles. The average molecular weight is 282 g/mol. The Kier molecular flexibility index (Phi) is 3.94. The Balaban J connectivity index is 2.40. The number of hydrogen-bond acceptors (Lipinski definition) is 3. The fourth-order valence-electron chi connectivity index (χ4n) is 2.58. The number of hydrogen-bond donors (Lipinski definition) is 1. The van der Waals surface area contributed by atoms with Gasteiger partial charge in [0.1, 0.15) is 0 Å². The van der Waals surface area contributed by atoms with Crippen LogP contribution in [0.2, 0.25) is 0 Å². The lowest BCUT2D eigenvalue weighted by Gasteiger charge is -2.22. The van der Waals surface area contributed by atoms with Crippen molar-refractivity contribution in [1.29, 1.82) is 0 Å². The minimum absolute atomic E-state index is 0.0666. The Morgan fingerprint density at radius 1 is 1.21 bits per heavy atom. The first-order valence-corrected chi connectivity index (χ1v) is 8.05. The van der Waals surface area contributed by atoms with Crippen molar-refractivity contribution in [2.75, 3.05) is 0 Å². The second-order valence-electron chi connectivity index (χ2n) is 5.09. The molecule has 1 aliphatic rings. The highest BCUT2D eigenvalue weighted by atomic mass is 32.2. The fourth-order valence-corrected chi connectivity index (χ4v) is 4.46. The third-order valence-corrected chi connectivity index (χ3v) is 6.02. The second kappa shape index (κ2) is 5.33. The fraction of sp³-hybridized carbons (Fsp3) is 0.500. The quantitative estimate of drug-likeness (QED) is 0.925. The summed E-state index contributed by atoms with van der Waals surface area (Å²) in [6.07, 6.45) is 4.31. The molecule has 5 heteroatoms. The van der Waals surface area contributed by atoms with Crippen molar-refractivity contribution in [1.82, 2.24) is 0 Å². The molecule has 2 rings (SSSR count). The number of benzene rings is 1. The van der Waals surface area contributed by atoms with Gasteiger partial charge in [-0.15, -0.1) is 0 Å². The Morgan fingerprint density at radius 2 is 1.84 bits per heavy atom. The van der Waals surface area contributed by atoms with E-state index in [1.54, 1.807) is 13.0 Å². The molecule has 104 valence electrons. The topological polar surface area (TPSA) is 71.4 Å². The smallest absolute Gasteiger partial charge is 0.335 e. The summed E-state index contributed by atoms with van der Waals surface area (Å²) in [5.74, 6) is -1.09. The molecule has 0 radical (unpaired) electrons. The Morgan fingerprint density at radius 3 is 2.42 bits per heavy atom. The average Bonchev–Trinajstić information content (AvgIpc) is 2.39. The lowest BCUT2D eigenvalue weighted by Crippen LogP contribution is -2.24. The molecular formula is C14H18O4S. The van der Waals surface area contributed by atoms with Crippen LogP contribution in [0, 0.1) is 6.92 Å². The Hall–Kier alpha value is -1.36. The van der Waals surface area contributed by atoms with Gasteiger partial charge in [-0.3, -0.25) is 0 Å². The molecule has 1 aromatic rings. The summed E-state index contributed by atoms with van der Waals surface area (Å²) >= 11 is 0. The number of aromatic carboxylic acids is 1. The van der Waals surface area contributed by atoms with Crippen molar-refractivity contribution in [2.24, 2.45) is 0 Å². The van der Waals surface area contributed by atoms with Crippen LogP contribution >= 0.6 is 0 Å². The summed E-state index contributed by atoms with van der Waals surface area (Å²) in [7, 11) is -3.40. The predicted octanol–water partition coefficient (Wildman–Crippen LogP) is 2.80. The summed E-state index contributed by atoms with van der Waals surface area (Å²) < 4.78 is 25.0. The van der Waals surface area contributed by atoms with Gasteiger partial charge in [0, 0.05) is 0 Å². The zero-order chi connectivity index (χ0) is 14.0. The van der Waals surface area contributed by atoms with E-state index in [1.807, 2.05) is 0 Å². The molecular weight excluding hydrogens is 264 g/mol. The van der Waals surface area contributed by atoms with E-state index in [2.05, 4.69) is 0 Å². The molecule has 1 N–H and O–H groups in total. The third-order valence-electron chi connectivity index (χ3n) is 3.76. The summed E-state index contributed by atoms with van der Waals surface area (Å²) in [4.78, 5) is 11.2. The Labute approximate surface area is 113 Å². The zero-order valence-electron chi connectivity index (χ0n) is 10.9. The van der Waals surface area contributed by atoms with E-state index in [0.717, 1.165) is 19.3 Å². The lowest BCUT2D eigenvalue weighted by molar-refractivity contribution is 0.0696. The minimum Gasteiger partial charge on any atom is -0.478 e. The number of carboxylic acids is 1. The number of carbonyl (C=O) groups is 1. The highest BCUT2D eigenvalue weighted by molar-refractivity contribution is 7.92. The van der Waals surface area contributed by atoms with E-state index < -0.39 is 15.8 Å². The monoisotopic (exact) mass is 282 g/mol. The molecule has 4 nitrogen and oxygen atoms in total. The van der Waals surface area contributed by atoms with Gasteiger partial charge in [-0.1, -0.05) is 25.3 Å². The van der Waals surface area contributed by atoms with E-state index in [1.165, 1.54) is 12.1 Å². The molecule has 0 bridgehead atoms. The van der Waals surface area contributed by atoms with Gasteiger partial charge in [-0.2, -0.15) is 0 Å². The standard InChI is InChI=1S/C14H18O4S/c1-10-7-8-12(9-13(10)14(15)16)19(17,18)11-5-3-2-4-6-11/h7-9,11H,2-6H2,1H3,(H,15,16). The van der Waals surface area contributed by atoms with Crippen molar-refractivity contribution in [3.05, 3.63) is 29.3 Å². The van der Waals surface area contributed by atoms with Crippen molar-refractivity contribution in [3.8, 4) is 0 Å². The molecule has 0 aliphatic heterocycles. The summed E-state index contributed by atoms with van der Waals surface area (Å²) in [5.41, 5.74) is 0.645. The van der Waals surface area contributed by atoms with Crippen molar-refractivity contribution < 1.29 is 18.3 Å². The summed E-state index contributed by atoms with van der Waals surface area (Å²) in [5, 5.41) is 8.72. The molecule has 1 fully saturated rings. The molecule has 1 saturated carbocycles. The van der Waals surface area contributed by atoms with E-state index >= 15 is 0 Å². The van der Waals surface area contributed by atoms with Crippen molar-refractivity contribution in [2.45, 2.75) is 49.2 Å². The first-order chi connectivity index (χ1) is 8.93. The maximum atomic E-state index is 12.5. The van der Waals surface area contributed by atoms with Crippen LogP contribution < -0.4 is 0 Å². The predicted molar refractivity (Wildman–Crippen MR) is 72.2 cm³/mol. The van der Waals surface area contributed by atoms with Crippen LogP contribution in [0.25, 0.3) is 0 Å². The first kappa shape index (κ1) is 14.1. The normalized spacial score (nSPS) is 17.3. The van der Waals surface area contributed by atoms with E-state index in [0.29, 0.717) is 18.4 Å². The van der Waals surface area contributed by atoms with Gasteiger partial charge in [-0.25, -0.2) is 13.2 Å². The first-order valence-electron chi connectivity index (χ1n) is 6.51. The van der Waals surface area contributed by atoms with Crippen molar-refractivity contribution in [3.63, 3.8) is 0 Å². The van der Waals surface area contributed by atoms with Gasteiger partial charge >= 0.3 is 5.97 Å². The number of rotatable bonds is 3. The molecule has 0 amide bonds. The van der Waals surface area contributed by atoms with E-state index in [-0.39, 0.29) is 15.7 Å². The third kappa shape index (κ3) is 2.81. The zero-order valence-corrected chi connectivity index (χ0v) is 11.7. The van der Waals surface area contributed by atoms with Crippen molar-refractivity contribution >= 4 is 15.8 Å². The molecule has 1 aliphatic carbocycles. The molecule has 0 unspecified atom stereocenters. The second-order valence-corrected chi connectivity index (χ2v) is 7.31. The molecule has 1 aromatic carbocycles. The molecule has 19 heavy (non-hydrogen) atoms. The van der Waals surface area contributed by atoms with E-state index in [9.17, 15) is 13.2 Å². The largest absolute Gasteiger partial charge is 0.478 e. The minimum atomic E-state index is -3.40. The van der Waals surface area contributed by atoms with Crippen LogP contribution in [0.15, 0.2) is 23.1 Å². The Bertz CT molecular complexity index is 583.